The maximum Gasteiger partial charge on any atom is 0.289 e. The molecule has 1 amide bonds. The third kappa shape index (κ3) is 3.90. The van der Waals surface area contributed by atoms with Crippen LogP contribution >= 0.6 is 23.4 Å². The van der Waals surface area contributed by atoms with Crippen LogP contribution in [0.4, 0.5) is 0 Å². The van der Waals surface area contributed by atoms with E-state index in [1.165, 1.54) is 23.9 Å². The van der Waals surface area contributed by atoms with Crippen LogP contribution in [-0.4, -0.2) is 43.3 Å². The molecule has 4 rings (SSSR count). The lowest BCUT2D eigenvalue weighted by molar-refractivity contribution is -0.812. The number of halogens is 1. The van der Waals surface area contributed by atoms with Crippen molar-refractivity contribution in [1.82, 2.24) is 0 Å². The topological polar surface area (TPSA) is 96.4 Å². The van der Waals surface area contributed by atoms with Crippen molar-refractivity contribution >= 4 is 46.5 Å². The number of morpholine rings is 1. The van der Waals surface area contributed by atoms with E-state index in [0.29, 0.717) is 35.2 Å². The highest BCUT2D eigenvalue weighted by Gasteiger charge is 2.31. The van der Waals surface area contributed by atoms with Crippen LogP contribution in [0.2, 0.25) is 5.02 Å². The van der Waals surface area contributed by atoms with Crippen molar-refractivity contribution in [3.05, 3.63) is 51.6 Å². The molecule has 0 atom stereocenters. The molecule has 2 aromatic rings. The van der Waals surface area contributed by atoms with Gasteiger partial charge in [0.05, 0.1) is 29.1 Å². The number of rotatable bonds is 3. The minimum atomic E-state index is -1.34. The number of carboxylic acid groups (broad SMARTS) is 1. The van der Waals surface area contributed by atoms with Gasteiger partial charge < -0.3 is 19.1 Å². The quantitative estimate of drug-likeness (QED) is 0.742. The zero-order chi connectivity index (χ0) is 19.7. The largest absolute Gasteiger partial charge is 0.545 e. The molecular weight excluding hydrogens is 404 g/mol. The number of carbonyl (C=O) groups is 2. The number of hydrogen-bond acceptors (Lipinski definition) is 6. The average Bonchev–Trinajstić information content (AvgIpc) is 3.29. The third-order valence-electron chi connectivity index (χ3n) is 4.39. The predicted molar refractivity (Wildman–Crippen MR) is 103 cm³/mol. The van der Waals surface area contributed by atoms with Crippen LogP contribution in [0.1, 0.15) is 16.1 Å². The highest BCUT2D eigenvalue weighted by Crippen LogP contribution is 2.30. The molecule has 1 aromatic carbocycles. The third-order valence-corrected chi connectivity index (χ3v) is 5.79. The average molecular weight is 419 g/mol. The molecule has 2 aliphatic heterocycles. The van der Waals surface area contributed by atoms with Crippen LogP contribution in [-0.2, 0) is 9.53 Å². The minimum absolute atomic E-state index is 0.0712. The van der Waals surface area contributed by atoms with Gasteiger partial charge in [0.2, 0.25) is 0 Å². The Morgan fingerprint density at radius 1 is 1.25 bits per heavy atom. The van der Waals surface area contributed by atoms with Crippen molar-refractivity contribution in [2.75, 3.05) is 26.3 Å². The number of hydrogen-bond donors (Lipinski definition) is 1. The molecule has 7 nitrogen and oxygen atoms in total. The first-order valence-electron chi connectivity index (χ1n) is 8.58. The second-order valence-electron chi connectivity index (χ2n) is 6.23. The number of nitrogens with zero attached hydrogens (tertiary/aromatic N) is 1. The van der Waals surface area contributed by atoms with Gasteiger partial charge in [0.1, 0.15) is 24.6 Å². The van der Waals surface area contributed by atoms with Gasteiger partial charge in [-0.25, -0.2) is 0 Å². The monoisotopic (exact) mass is 418 g/mol. The zero-order valence-electron chi connectivity index (χ0n) is 14.6. The van der Waals surface area contributed by atoms with Crippen molar-refractivity contribution in [3.8, 4) is 11.3 Å². The van der Waals surface area contributed by atoms with E-state index in [1.807, 2.05) is 0 Å². The fraction of sp³-hybridized carbons (Fsp3) is 0.211. The SMILES string of the molecule is O=C1N=C([NH+]2CCOCC2)SC1=Cc1ccc(-c2ccc(C(=O)[O-])c(Cl)c2)o1. The molecule has 0 unspecified atom stereocenters. The van der Waals surface area contributed by atoms with E-state index in [4.69, 9.17) is 20.8 Å². The molecule has 0 saturated carbocycles. The number of aromatic carboxylic acids is 1. The highest BCUT2D eigenvalue weighted by molar-refractivity contribution is 8.18. The van der Waals surface area contributed by atoms with Gasteiger partial charge in [-0.1, -0.05) is 23.7 Å². The predicted octanol–water partition coefficient (Wildman–Crippen LogP) is 0.849. The van der Waals surface area contributed by atoms with Crippen molar-refractivity contribution in [2.45, 2.75) is 0 Å². The standard InChI is InChI=1S/C19H15ClN2O5S/c20-14-9-11(1-3-13(14)18(24)25)15-4-2-12(27-15)10-16-17(23)21-19(28-16)22-5-7-26-8-6-22/h1-4,9-10H,5-8H2,(H,24,25). The van der Waals surface area contributed by atoms with Crippen LogP contribution in [0, 0.1) is 0 Å². The summed E-state index contributed by atoms with van der Waals surface area (Å²) in [5.74, 6) is -0.608. The number of ether oxygens (including phenoxy) is 1. The summed E-state index contributed by atoms with van der Waals surface area (Å²) in [5, 5.41) is 11.8. The fourth-order valence-corrected chi connectivity index (χ4v) is 4.19. The van der Waals surface area contributed by atoms with E-state index in [2.05, 4.69) is 4.99 Å². The number of aliphatic imine (C=N–C) groups is 1. The van der Waals surface area contributed by atoms with Crippen molar-refractivity contribution in [2.24, 2.45) is 4.99 Å². The molecule has 1 fully saturated rings. The van der Waals surface area contributed by atoms with E-state index in [9.17, 15) is 14.7 Å². The maximum absolute atomic E-state index is 12.2. The number of furan rings is 1. The van der Waals surface area contributed by atoms with Crippen molar-refractivity contribution < 1.29 is 28.7 Å². The Morgan fingerprint density at radius 3 is 2.75 bits per heavy atom. The molecule has 3 heterocycles. The summed E-state index contributed by atoms with van der Waals surface area (Å²) in [7, 11) is 0. The highest BCUT2D eigenvalue weighted by atomic mass is 35.5. The summed E-state index contributed by atoms with van der Waals surface area (Å²) in [6.45, 7) is 2.89. The first-order valence-corrected chi connectivity index (χ1v) is 9.77. The normalized spacial score (nSPS) is 19.2. The fourth-order valence-electron chi connectivity index (χ4n) is 2.94. The molecule has 1 N–H and O–H groups in total. The Bertz CT molecular complexity index is 1010. The number of thioether (sulfide) groups is 1. The van der Waals surface area contributed by atoms with Crippen LogP contribution in [0.15, 0.2) is 44.6 Å². The van der Waals surface area contributed by atoms with Crippen molar-refractivity contribution in [3.63, 3.8) is 0 Å². The molecule has 9 heteroatoms. The number of quaternary nitrogens is 1. The van der Waals surface area contributed by atoms with Gasteiger partial charge in [-0.2, -0.15) is 0 Å². The number of nitrogens with one attached hydrogen (secondary N) is 1. The first-order chi connectivity index (χ1) is 13.5. The van der Waals surface area contributed by atoms with Gasteiger partial charge in [0.15, 0.2) is 0 Å². The van der Waals surface area contributed by atoms with Gasteiger partial charge in [-0.3, -0.25) is 9.69 Å². The summed E-state index contributed by atoms with van der Waals surface area (Å²) in [6, 6.07) is 7.92. The van der Waals surface area contributed by atoms with Gasteiger partial charge >= 0.3 is 0 Å². The van der Waals surface area contributed by atoms with Crippen molar-refractivity contribution in [1.29, 1.82) is 0 Å². The van der Waals surface area contributed by atoms with E-state index < -0.39 is 5.97 Å². The molecule has 0 spiro atoms. The van der Waals surface area contributed by atoms with E-state index in [0.717, 1.165) is 23.2 Å². The van der Waals surface area contributed by atoms with Crippen LogP contribution in [0.5, 0.6) is 0 Å². The van der Waals surface area contributed by atoms with E-state index in [-0.39, 0.29) is 16.5 Å². The Kier molecular flexibility index (Phi) is 5.36. The maximum atomic E-state index is 12.2. The number of amidine groups is 1. The Labute approximate surface area is 169 Å². The van der Waals surface area contributed by atoms with Gasteiger partial charge in [0.25, 0.3) is 11.1 Å². The molecule has 2 aliphatic rings. The summed E-state index contributed by atoms with van der Waals surface area (Å²) < 4.78 is 11.1. The smallest absolute Gasteiger partial charge is 0.289 e. The van der Waals surface area contributed by atoms with Gasteiger partial charge in [0, 0.05) is 17.2 Å². The summed E-state index contributed by atoms with van der Waals surface area (Å²) in [4.78, 5) is 29.0. The lowest BCUT2D eigenvalue weighted by atomic mass is 10.1. The van der Waals surface area contributed by atoms with Gasteiger partial charge in [-0.15, -0.1) is 4.99 Å². The molecule has 0 aliphatic carbocycles. The van der Waals surface area contributed by atoms with E-state index >= 15 is 0 Å². The molecule has 0 bridgehead atoms. The second-order valence-corrected chi connectivity index (χ2v) is 7.67. The van der Waals surface area contributed by atoms with Crippen LogP contribution in [0.25, 0.3) is 17.4 Å². The number of benzene rings is 1. The van der Waals surface area contributed by atoms with Gasteiger partial charge in [-0.05, 0) is 30.0 Å². The molecule has 0 radical (unpaired) electrons. The Hall–Kier alpha value is -2.39. The molecule has 1 saturated heterocycles. The van der Waals surface area contributed by atoms with Crippen LogP contribution in [0.3, 0.4) is 0 Å². The second kappa shape index (κ2) is 7.92. The number of carboxylic acids is 1. The summed E-state index contributed by atoms with van der Waals surface area (Å²) in [6.07, 6.45) is 1.66. The molecular formula is C19H15ClN2O5S. The summed E-state index contributed by atoms with van der Waals surface area (Å²) >= 11 is 7.33. The lowest BCUT2D eigenvalue weighted by Gasteiger charge is -2.21. The number of amides is 1. The zero-order valence-corrected chi connectivity index (χ0v) is 16.1. The van der Waals surface area contributed by atoms with Crippen LogP contribution < -0.4 is 10.0 Å². The summed E-state index contributed by atoms with van der Waals surface area (Å²) in [5.41, 5.74) is 0.544. The molecule has 1 aromatic heterocycles. The molecule has 28 heavy (non-hydrogen) atoms. The minimum Gasteiger partial charge on any atom is -0.545 e. The number of carbonyl (C=O) groups excluding carboxylic acids is 2. The molecule has 144 valence electrons. The Morgan fingerprint density at radius 2 is 2.04 bits per heavy atom. The lowest BCUT2D eigenvalue weighted by Crippen LogP contribution is -3.15. The van der Waals surface area contributed by atoms with E-state index in [1.54, 1.807) is 24.3 Å². The first kappa shape index (κ1) is 18.9. The Balaban J connectivity index is 1.51.